The third-order valence-corrected chi connectivity index (χ3v) is 4.65. The molecule has 1 aliphatic carbocycles. The first-order valence-electron chi connectivity index (χ1n) is 6.63. The second kappa shape index (κ2) is 5.41. The van der Waals surface area contributed by atoms with E-state index in [-0.39, 0.29) is 6.04 Å². The van der Waals surface area contributed by atoms with Crippen LogP contribution in [0.4, 0.5) is 0 Å². The van der Waals surface area contributed by atoms with Crippen LogP contribution in [0.3, 0.4) is 0 Å². The van der Waals surface area contributed by atoms with Crippen LogP contribution in [-0.4, -0.2) is 0 Å². The Kier molecular flexibility index (Phi) is 4.11. The number of rotatable bonds is 3. The van der Waals surface area contributed by atoms with Gasteiger partial charge in [-0.1, -0.05) is 43.5 Å². The molecule has 0 bridgehead atoms. The molecule has 0 saturated heterocycles. The van der Waals surface area contributed by atoms with Crippen molar-refractivity contribution in [2.24, 2.45) is 17.6 Å². The number of hydrogen-bond acceptors (Lipinski definition) is 1. The van der Waals surface area contributed by atoms with Crippen molar-refractivity contribution in [3.63, 3.8) is 0 Å². The Morgan fingerprint density at radius 3 is 2.76 bits per heavy atom. The van der Waals surface area contributed by atoms with Crippen molar-refractivity contribution in [1.29, 1.82) is 0 Å². The fourth-order valence-electron chi connectivity index (χ4n) is 2.90. The van der Waals surface area contributed by atoms with Crippen molar-refractivity contribution in [1.82, 2.24) is 0 Å². The SMILES string of the molecule is CCC1CCC(C(N)c2ccc(C)c(Cl)c2)C1. The highest BCUT2D eigenvalue weighted by atomic mass is 35.5. The van der Waals surface area contributed by atoms with Gasteiger partial charge in [0.1, 0.15) is 0 Å². The van der Waals surface area contributed by atoms with Crippen LogP contribution in [0.2, 0.25) is 5.02 Å². The van der Waals surface area contributed by atoms with Gasteiger partial charge >= 0.3 is 0 Å². The molecule has 1 saturated carbocycles. The van der Waals surface area contributed by atoms with Gasteiger partial charge in [0.25, 0.3) is 0 Å². The Bertz CT molecular complexity index is 389. The maximum atomic E-state index is 6.38. The normalized spacial score (nSPS) is 26.1. The molecule has 0 aliphatic heterocycles. The molecule has 0 spiro atoms. The lowest BCUT2D eigenvalue weighted by atomic mass is 9.91. The average molecular weight is 252 g/mol. The number of aryl methyl sites for hydroxylation is 1. The zero-order chi connectivity index (χ0) is 12.4. The van der Waals surface area contributed by atoms with Gasteiger partial charge in [-0.2, -0.15) is 0 Å². The first-order chi connectivity index (χ1) is 8.11. The summed E-state index contributed by atoms with van der Waals surface area (Å²) in [7, 11) is 0. The second-order valence-electron chi connectivity index (χ2n) is 5.38. The van der Waals surface area contributed by atoms with Crippen LogP contribution in [0.15, 0.2) is 18.2 Å². The quantitative estimate of drug-likeness (QED) is 0.843. The fraction of sp³-hybridized carbons (Fsp3) is 0.600. The molecule has 0 radical (unpaired) electrons. The molecule has 1 aromatic carbocycles. The van der Waals surface area contributed by atoms with Crippen LogP contribution < -0.4 is 5.73 Å². The predicted octanol–water partition coefficient (Wildman–Crippen LogP) is 4.47. The van der Waals surface area contributed by atoms with Crippen molar-refractivity contribution < 1.29 is 0 Å². The number of hydrogen-bond donors (Lipinski definition) is 1. The lowest BCUT2D eigenvalue weighted by Crippen LogP contribution is -2.19. The molecule has 1 fully saturated rings. The average Bonchev–Trinajstić information content (AvgIpc) is 2.80. The van der Waals surface area contributed by atoms with Crippen LogP contribution in [0.25, 0.3) is 0 Å². The molecule has 94 valence electrons. The molecule has 0 aromatic heterocycles. The van der Waals surface area contributed by atoms with E-state index < -0.39 is 0 Å². The van der Waals surface area contributed by atoms with Gasteiger partial charge < -0.3 is 5.73 Å². The van der Waals surface area contributed by atoms with E-state index in [4.69, 9.17) is 17.3 Å². The number of nitrogens with two attached hydrogens (primary N) is 1. The van der Waals surface area contributed by atoms with Gasteiger partial charge in [0.05, 0.1) is 0 Å². The van der Waals surface area contributed by atoms with Crippen LogP contribution >= 0.6 is 11.6 Å². The summed E-state index contributed by atoms with van der Waals surface area (Å²) >= 11 is 6.16. The Morgan fingerprint density at radius 2 is 2.18 bits per heavy atom. The van der Waals surface area contributed by atoms with Gasteiger partial charge in [-0.15, -0.1) is 0 Å². The van der Waals surface area contributed by atoms with E-state index in [1.165, 1.54) is 31.2 Å². The standard InChI is InChI=1S/C15H22ClN/c1-3-11-5-7-12(8-11)15(17)13-6-4-10(2)14(16)9-13/h4,6,9,11-12,15H,3,5,7-8,17H2,1-2H3. The molecule has 2 rings (SSSR count). The minimum absolute atomic E-state index is 0.157. The Morgan fingerprint density at radius 1 is 1.41 bits per heavy atom. The van der Waals surface area contributed by atoms with Gasteiger partial charge in [0.2, 0.25) is 0 Å². The van der Waals surface area contributed by atoms with Gasteiger partial charge in [-0.25, -0.2) is 0 Å². The van der Waals surface area contributed by atoms with Gasteiger partial charge in [0.15, 0.2) is 0 Å². The summed E-state index contributed by atoms with van der Waals surface area (Å²) in [5.74, 6) is 1.52. The lowest BCUT2D eigenvalue weighted by molar-refractivity contribution is 0.416. The van der Waals surface area contributed by atoms with E-state index in [2.05, 4.69) is 19.1 Å². The lowest BCUT2D eigenvalue weighted by Gasteiger charge is -2.20. The summed E-state index contributed by atoms with van der Waals surface area (Å²) in [5, 5.41) is 0.836. The summed E-state index contributed by atoms with van der Waals surface area (Å²) in [6.45, 7) is 4.31. The summed E-state index contributed by atoms with van der Waals surface area (Å²) in [6.07, 6.45) is 5.18. The van der Waals surface area contributed by atoms with Crippen molar-refractivity contribution in [3.8, 4) is 0 Å². The predicted molar refractivity (Wildman–Crippen MR) is 74.2 cm³/mol. The minimum Gasteiger partial charge on any atom is -0.324 e. The largest absolute Gasteiger partial charge is 0.324 e. The summed E-state index contributed by atoms with van der Waals surface area (Å²) in [5.41, 5.74) is 8.70. The first kappa shape index (κ1) is 12.9. The summed E-state index contributed by atoms with van der Waals surface area (Å²) in [6, 6.07) is 6.40. The molecule has 1 aliphatic rings. The van der Waals surface area contributed by atoms with E-state index in [9.17, 15) is 0 Å². The Hall–Kier alpha value is -0.530. The molecule has 1 aromatic rings. The Balaban J connectivity index is 2.09. The summed E-state index contributed by atoms with van der Waals surface area (Å²) in [4.78, 5) is 0. The van der Waals surface area contributed by atoms with E-state index in [1.54, 1.807) is 0 Å². The third-order valence-electron chi connectivity index (χ3n) is 4.25. The highest BCUT2D eigenvalue weighted by Crippen LogP contribution is 2.39. The fourth-order valence-corrected chi connectivity index (χ4v) is 3.09. The highest BCUT2D eigenvalue weighted by Gasteiger charge is 2.28. The van der Waals surface area contributed by atoms with Crippen LogP contribution in [0.5, 0.6) is 0 Å². The van der Waals surface area contributed by atoms with Crippen molar-refractivity contribution in [2.75, 3.05) is 0 Å². The maximum Gasteiger partial charge on any atom is 0.0438 e. The topological polar surface area (TPSA) is 26.0 Å². The van der Waals surface area contributed by atoms with Crippen LogP contribution in [0.1, 0.15) is 49.8 Å². The minimum atomic E-state index is 0.157. The number of benzene rings is 1. The van der Waals surface area contributed by atoms with E-state index in [0.717, 1.165) is 16.5 Å². The first-order valence-corrected chi connectivity index (χ1v) is 7.01. The second-order valence-corrected chi connectivity index (χ2v) is 5.79. The van der Waals surface area contributed by atoms with Crippen LogP contribution in [0, 0.1) is 18.8 Å². The summed E-state index contributed by atoms with van der Waals surface area (Å²) < 4.78 is 0. The van der Waals surface area contributed by atoms with E-state index in [0.29, 0.717) is 5.92 Å². The molecule has 3 atom stereocenters. The molecule has 1 nitrogen and oxygen atoms in total. The maximum absolute atomic E-state index is 6.38. The van der Waals surface area contributed by atoms with Crippen molar-refractivity contribution in [2.45, 2.75) is 45.6 Å². The van der Waals surface area contributed by atoms with E-state index in [1.807, 2.05) is 13.0 Å². The Labute approximate surface area is 109 Å². The van der Waals surface area contributed by atoms with Gasteiger partial charge in [-0.05, 0) is 48.8 Å². The number of halogens is 1. The smallest absolute Gasteiger partial charge is 0.0438 e. The molecule has 0 amide bonds. The zero-order valence-electron chi connectivity index (χ0n) is 10.7. The molecule has 0 heterocycles. The van der Waals surface area contributed by atoms with E-state index >= 15 is 0 Å². The monoisotopic (exact) mass is 251 g/mol. The molecule has 3 unspecified atom stereocenters. The molecule has 2 N–H and O–H groups in total. The van der Waals surface area contributed by atoms with Crippen molar-refractivity contribution >= 4 is 11.6 Å². The molecular weight excluding hydrogens is 230 g/mol. The highest BCUT2D eigenvalue weighted by molar-refractivity contribution is 6.31. The van der Waals surface area contributed by atoms with Crippen molar-refractivity contribution in [3.05, 3.63) is 34.3 Å². The third kappa shape index (κ3) is 2.83. The van der Waals surface area contributed by atoms with Crippen LogP contribution in [-0.2, 0) is 0 Å². The molecule has 2 heteroatoms. The van der Waals surface area contributed by atoms with Gasteiger partial charge in [-0.3, -0.25) is 0 Å². The zero-order valence-corrected chi connectivity index (χ0v) is 11.5. The molecule has 17 heavy (non-hydrogen) atoms. The van der Waals surface area contributed by atoms with Gasteiger partial charge in [0, 0.05) is 11.1 Å². The molecular formula is C15H22ClN.